The number of benzene rings is 1. The normalized spacial score (nSPS) is 16.1. The van der Waals surface area contributed by atoms with E-state index in [1.807, 2.05) is 0 Å². The molecule has 94 valence electrons. The molecule has 0 aliphatic carbocycles. The average molecular weight is 254 g/mol. The van der Waals surface area contributed by atoms with Crippen molar-refractivity contribution in [2.45, 2.75) is 20.3 Å². The van der Waals surface area contributed by atoms with E-state index >= 15 is 0 Å². The Kier molecular flexibility index (Phi) is 3.51. The molecule has 0 bridgehead atoms. The molecule has 4 nitrogen and oxygen atoms in total. The van der Waals surface area contributed by atoms with Gasteiger partial charge in [-0.2, -0.15) is 12.7 Å². The minimum Gasteiger partial charge on any atom is -0.202 e. The molecule has 0 amide bonds. The molecule has 0 spiro atoms. The third kappa shape index (κ3) is 3.28. The van der Waals surface area contributed by atoms with E-state index in [0.717, 1.165) is 6.42 Å². The fraction of sp³-hybridized carbons (Fsp3) is 0.500. The minimum atomic E-state index is -3.19. The number of nitrogens with zero attached hydrogens (tertiary/aromatic N) is 1. The molecule has 1 aromatic rings. The number of hydrogen-bond donors (Lipinski definition) is 1. The van der Waals surface area contributed by atoms with E-state index < -0.39 is 10.2 Å². The van der Waals surface area contributed by atoms with Crippen LogP contribution in [0.3, 0.4) is 0 Å². The van der Waals surface area contributed by atoms with Crippen LogP contribution in [0, 0.1) is 13.8 Å². The number of rotatable bonds is 5. The molecular formula is C12H18N2O2S. The first kappa shape index (κ1) is 12.5. The van der Waals surface area contributed by atoms with Gasteiger partial charge in [0.25, 0.3) is 10.2 Å². The van der Waals surface area contributed by atoms with E-state index in [0.29, 0.717) is 19.6 Å². The van der Waals surface area contributed by atoms with Crippen LogP contribution in [0.2, 0.25) is 0 Å². The maximum Gasteiger partial charge on any atom is 0.279 e. The van der Waals surface area contributed by atoms with Gasteiger partial charge in [-0.1, -0.05) is 23.8 Å². The van der Waals surface area contributed by atoms with E-state index in [1.165, 1.54) is 21.0 Å². The lowest BCUT2D eigenvalue weighted by Gasteiger charge is -2.09. The van der Waals surface area contributed by atoms with Gasteiger partial charge in [0.05, 0.1) is 0 Å². The van der Waals surface area contributed by atoms with Crippen molar-refractivity contribution in [3.05, 3.63) is 34.9 Å². The largest absolute Gasteiger partial charge is 0.279 e. The van der Waals surface area contributed by atoms with Crippen LogP contribution in [-0.4, -0.2) is 32.4 Å². The fourth-order valence-corrected chi connectivity index (χ4v) is 2.92. The molecule has 1 fully saturated rings. The van der Waals surface area contributed by atoms with E-state index in [9.17, 15) is 8.42 Å². The van der Waals surface area contributed by atoms with Gasteiger partial charge in [0.15, 0.2) is 0 Å². The minimum absolute atomic E-state index is 0.461. The number of aryl methyl sites for hydroxylation is 2. The van der Waals surface area contributed by atoms with E-state index in [2.05, 4.69) is 36.8 Å². The van der Waals surface area contributed by atoms with Crippen LogP contribution in [0.1, 0.15) is 16.7 Å². The third-order valence-corrected chi connectivity index (χ3v) is 4.54. The summed E-state index contributed by atoms with van der Waals surface area (Å²) in [6, 6.07) is 6.24. The second-order valence-electron chi connectivity index (χ2n) is 4.48. The standard InChI is InChI=1S/C12H18N2O2S/c1-10-3-4-12(11(2)9-10)5-6-13-17(15,16)14-7-8-14/h3-4,9,13H,5-8H2,1-2H3. The molecule has 1 heterocycles. The van der Waals surface area contributed by atoms with Crippen LogP contribution in [-0.2, 0) is 16.6 Å². The van der Waals surface area contributed by atoms with Gasteiger partial charge in [-0.15, -0.1) is 0 Å². The Balaban J connectivity index is 1.90. The number of nitrogens with one attached hydrogen (secondary N) is 1. The highest BCUT2D eigenvalue weighted by Gasteiger charge is 2.30. The highest BCUT2D eigenvalue weighted by atomic mass is 32.2. The Morgan fingerprint density at radius 1 is 1.29 bits per heavy atom. The average Bonchev–Trinajstić information content (AvgIpc) is 3.04. The first-order valence-corrected chi connectivity index (χ1v) is 7.24. The summed E-state index contributed by atoms with van der Waals surface area (Å²) in [4.78, 5) is 0. The lowest BCUT2D eigenvalue weighted by molar-refractivity contribution is 0.547. The molecule has 0 radical (unpaired) electrons. The van der Waals surface area contributed by atoms with Gasteiger partial charge in [0, 0.05) is 19.6 Å². The summed E-state index contributed by atoms with van der Waals surface area (Å²) in [5, 5.41) is 0. The Morgan fingerprint density at radius 3 is 2.59 bits per heavy atom. The second-order valence-corrected chi connectivity index (χ2v) is 6.23. The van der Waals surface area contributed by atoms with Gasteiger partial charge >= 0.3 is 0 Å². The topological polar surface area (TPSA) is 49.2 Å². The molecule has 0 atom stereocenters. The van der Waals surface area contributed by atoms with Gasteiger partial charge < -0.3 is 0 Å². The zero-order valence-electron chi connectivity index (χ0n) is 10.2. The summed E-state index contributed by atoms with van der Waals surface area (Å²) in [6.45, 7) is 5.88. The van der Waals surface area contributed by atoms with Crippen molar-refractivity contribution in [1.82, 2.24) is 9.03 Å². The molecule has 0 unspecified atom stereocenters. The van der Waals surface area contributed by atoms with Crippen LogP contribution in [0.15, 0.2) is 18.2 Å². The Hall–Kier alpha value is -0.910. The highest BCUT2D eigenvalue weighted by molar-refractivity contribution is 7.87. The zero-order chi connectivity index (χ0) is 12.5. The maximum atomic E-state index is 11.5. The highest BCUT2D eigenvalue weighted by Crippen LogP contribution is 2.12. The van der Waals surface area contributed by atoms with Crippen LogP contribution in [0.25, 0.3) is 0 Å². The molecule has 1 N–H and O–H groups in total. The van der Waals surface area contributed by atoms with Crippen LogP contribution in [0.5, 0.6) is 0 Å². The van der Waals surface area contributed by atoms with Crippen molar-refractivity contribution in [2.24, 2.45) is 0 Å². The van der Waals surface area contributed by atoms with Crippen molar-refractivity contribution >= 4 is 10.2 Å². The van der Waals surface area contributed by atoms with Crippen LogP contribution in [0.4, 0.5) is 0 Å². The van der Waals surface area contributed by atoms with Crippen molar-refractivity contribution in [3.63, 3.8) is 0 Å². The second kappa shape index (κ2) is 4.76. The third-order valence-electron chi connectivity index (χ3n) is 2.92. The summed E-state index contributed by atoms with van der Waals surface area (Å²) in [5.74, 6) is 0. The van der Waals surface area contributed by atoms with Crippen molar-refractivity contribution in [2.75, 3.05) is 19.6 Å². The summed E-state index contributed by atoms with van der Waals surface area (Å²) >= 11 is 0. The van der Waals surface area contributed by atoms with Gasteiger partial charge in [0.2, 0.25) is 0 Å². The van der Waals surface area contributed by atoms with Crippen LogP contribution < -0.4 is 4.72 Å². The fourth-order valence-electron chi connectivity index (χ4n) is 1.81. The van der Waals surface area contributed by atoms with Gasteiger partial charge in [-0.3, -0.25) is 0 Å². The lowest BCUT2D eigenvalue weighted by atomic mass is 10.0. The first-order chi connectivity index (χ1) is 7.99. The Morgan fingerprint density at radius 2 is 2.00 bits per heavy atom. The molecular weight excluding hydrogens is 236 g/mol. The predicted octanol–water partition coefficient (Wildman–Crippen LogP) is 0.996. The quantitative estimate of drug-likeness (QED) is 0.797. The Bertz CT molecular complexity index is 507. The summed E-state index contributed by atoms with van der Waals surface area (Å²) < 4.78 is 27.1. The molecule has 1 saturated heterocycles. The van der Waals surface area contributed by atoms with E-state index in [1.54, 1.807) is 0 Å². The van der Waals surface area contributed by atoms with E-state index in [4.69, 9.17) is 0 Å². The molecule has 1 aliphatic heterocycles. The van der Waals surface area contributed by atoms with Crippen molar-refractivity contribution in [3.8, 4) is 0 Å². The predicted molar refractivity (Wildman–Crippen MR) is 68.1 cm³/mol. The summed E-state index contributed by atoms with van der Waals surface area (Å²) in [5.41, 5.74) is 3.65. The molecule has 5 heteroatoms. The van der Waals surface area contributed by atoms with E-state index in [-0.39, 0.29) is 0 Å². The van der Waals surface area contributed by atoms with Crippen molar-refractivity contribution < 1.29 is 8.42 Å². The van der Waals surface area contributed by atoms with Gasteiger partial charge in [-0.05, 0) is 31.4 Å². The summed E-state index contributed by atoms with van der Waals surface area (Å²) in [7, 11) is -3.19. The monoisotopic (exact) mass is 254 g/mol. The summed E-state index contributed by atoms with van der Waals surface area (Å²) in [6.07, 6.45) is 0.735. The lowest BCUT2D eigenvalue weighted by Crippen LogP contribution is -2.31. The first-order valence-electron chi connectivity index (χ1n) is 5.80. The Labute approximate surface area is 103 Å². The van der Waals surface area contributed by atoms with Gasteiger partial charge in [-0.25, -0.2) is 4.72 Å². The molecule has 0 aromatic heterocycles. The van der Waals surface area contributed by atoms with Crippen LogP contribution >= 0.6 is 0 Å². The van der Waals surface area contributed by atoms with Gasteiger partial charge in [0.1, 0.15) is 0 Å². The molecule has 17 heavy (non-hydrogen) atoms. The maximum absolute atomic E-state index is 11.5. The molecule has 1 aromatic carbocycles. The van der Waals surface area contributed by atoms with Crippen molar-refractivity contribution in [1.29, 1.82) is 0 Å². The molecule has 1 aliphatic rings. The zero-order valence-corrected chi connectivity index (χ0v) is 11.0. The smallest absolute Gasteiger partial charge is 0.202 e. The molecule has 0 saturated carbocycles. The SMILES string of the molecule is Cc1ccc(CCNS(=O)(=O)N2CC2)c(C)c1. The molecule has 2 rings (SSSR count). The number of hydrogen-bond acceptors (Lipinski definition) is 2.